The Labute approximate surface area is 181 Å². The Balaban J connectivity index is 1.35. The first-order valence-electron chi connectivity index (χ1n) is 11.5. The van der Waals surface area contributed by atoms with E-state index in [2.05, 4.69) is 64.6 Å². The molecule has 0 aliphatic carbocycles. The Morgan fingerprint density at radius 2 is 2.00 bits per heavy atom. The van der Waals surface area contributed by atoms with E-state index in [1.54, 1.807) is 0 Å². The van der Waals surface area contributed by atoms with Crippen LogP contribution in [0.5, 0.6) is 0 Å². The Hall–Kier alpha value is -1.83. The maximum atomic E-state index is 5.83. The van der Waals surface area contributed by atoms with Crippen molar-refractivity contribution in [3.8, 4) is 0 Å². The van der Waals surface area contributed by atoms with Gasteiger partial charge >= 0.3 is 0 Å². The first kappa shape index (κ1) is 22.8. The number of ether oxygens (including phenoxy) is 2. The largest absolute Gasteiger partial charge is 0.379 e. The molecule has 0 amide bonds. The SMILES string of the molecule is CCNC(=NCC(C)N1CCN(c2ccccc2)CC1)NCCCOC1CCOC1. The van der Waals surface area contributed by atoms with Crippen LogP contribution in [-0.4, -0.2) is 88.6 Å². The summed E-state index contributed by atoms with van der Waals surface area (Å²) >= 11 is 0. The number of hydrogen-bond donors (Lipinski definition) is 2. The second-order valence-electron chi connectivity index (χ2n) is 8.06. The summed E-state index contributed by atoms with van der Waals surface area (Å²) in [4.78, 5) is 9.83. The molecule has 2 aliphatic heterocycles. The molecule has 0 spiro atoms. The number of nitrogens with one attached hydrogen (secondary N) is 2. The smallest absolute Gasteiger partial charge is 0.191 e. The molecule has 2 N–H and O–H groups in total. The third-order valence-electron chi connectivity index (χ3n) is 5.77. The minimum absolute atomic E-state index is 0.287. The summed E-state index contributed by atoms with van der Waals surface area (Å²) in [5.41, 5.74) is 1.32. The number of rotatable bonds is 10. The fourth-order valence-electron chi connectivity index (χ4n) is 3.91. The van der Waals surface area contributed by atoms with E-state index in [1.807, 2.05) is 0 Å². The highest BCUT2D eigenvalue weighted by atomic mass is 16.5. The van der Waals surface area contributed by atoms with E-state index in [-0.39, 0.29) is 6.10 Å². The van der Waals surface area contributed by atoms with Gasteiger partial charge in [-0.25, -0.2) is 0 Å². The van der Waals surface area contributed by atoms with Gasteiger partial charge in [0.05, 0.1) is 19.3 Å². The van der Waals surface area contributed by atoms with Crippen molar-refractivity contribution >= 4 is 11.6 Å². The quantitative estimate of drug-likeness (QED) is 0.345. The monoisotopic (exact) mass is 417 g/mol. The molecule has 2 heterocycles. The van der Waals surface area contributed by atoms with Gasteiger partial charge in [-0.15, -0.1) is 0 Å². The van der Waals surface area contributed by atoms with Crippen LogP contribution in [0.3, 0.4) is 0 Å². The van der Waals surface area contributed by atoms with Crippen LogP contribution in [0.25, 0.3) is 0 Å². The summed E-state index contributed by atoms with van der Waals surface area (Å²) < 4.78 is 11.2. The molecule has 0 aromatic heterocycles. The number of anilines is 1. The minimum atomic E-state index is 0.287. The lowest BCUT2D eigenvalue weighted by Gasteiger charge is -2.38. The van der Waals surface area contributed by atoms with Gasteiger partial charge in [-0.1, -0.05) is 18.2 Å². The van der Waals surface area contributed by atoms with Gasteiger partial charge in [0.2, 0.25) is 0 Å². The van der Waals surface area contributed by atoms with E-state index in [9.17, 15) is 0 Å². The van der Waals surface area contributed by atoms with Crippen LogP contribution in [0.15, 0.2) is 35.3 Å². The molecule has 30 heavy (non-hydrogen) atoms. The Morgan fingerprint density at radius 1 is 1.20 bits per heavy atom. The minimum Gasteiger partial charge on any atom is -0.379 e. The van der Waals surface area contributed by atoms with Crippen molar-refractivity contribution < 1.29 is 9.47 Å². The molecule has 2 unspecified atom stereocenters. The molecule has 7 heteroatoms. The summed E-state index contributed by atoms with van der Waals surface area (Å²) in [6.45, 7) is 13.6. The zero-order chi connectivity index (χ0) is 21.0. The van der Waals surface area contributed by atoms with Gasteiger partial charge in [-0.3, -0.25) is 9.89 Å². The summed E-state index contributed by atoms with van der Waals surface area (Å²) in [5, 5.41) is 6.79. The number of piperazine rings is 1. The summed E-state index contributed by atoms with van der Waals surface area (Å²) in [7, 11) is 0. The highest BCUT2D eigenvalue weighted by molar-refractivity contribution is 5.79. The molecular formula is C23H39N5O2. The molecule has 1 aromatic rings. The molecule has 2 atom stereocenters. The van der Waals surface area contributed by atoms with E-state index in [4.69, 9.17) is 14.5 Å². The molecule has 168 valence electrons. The van der Waals surface area contributed by atoms with Crippen LogP contribution in [0.2, 0.25) is 0 Å². The van der Waals surface area contributed by atoms with E-state index < -0.39 is 0 Å². The summed E-state index contributed by atoms with van der Waals surface area (Å²) in [6, 6.07) is 11.1. The first-order chi connectivity index (χ1) is 14.8. The van der Waals surface area contributed by atoms with Crippen LogP contribution < -0.4 is 15.5 Å². The zero-order valence-corrected chi connectivity index (χ0v) is 18.7. The average molecular weight is 418 g/mol. The second-order valence-corrected chi connectivity index (χ2v) is 8.06. The van der Waals surface area contributed by atoms with Crippen LogP contribution in [0, 0.1) is 0 Å². The Bertz CT molecular complexity index is 613. The van der Waals surface area contributed by atoms with Crippen LogP contribution in [-0.2, 0) is 9.47 Å². The molecule has 7 nitrogen and oxygen atoms in total. The highest BCUT2D eigenvalue weighted by Gasteiger charge is 2.21. The molecule has 0 radical (unpaired) electrons. The van der Waals surface area contributed by atoms with Crippen molar-refractivity contribution in [3.05, 3.63) is 30.3 Å². The lowest BCUT2D eigenvalue weighted by molar-refractivity contribution is 0.0420. The first-order valence-corrected chi connectivity index (χ1v) is 11.5. The van der Waals surface area contributed by atoms with Crippen molar-refractivity contribution in [2.24, 2.45) is 4.99 Å². The highest BCUT2D eigenvalue weighted by Crippen LogP contribution is 2.16. The van der Waals surface area contributed by atoms with Crippen molar-refractivity contribution in [1.29, 1.82) is 0 Å². The number of nitrogens with zero attached hydrogens (tertiary/aromatic N) is 3. The predicted molar refractivity (Wildman–Crippen MR) is 123 cm³/mol. The van der Waals surface area contributed by atoms with Crippen LogP contribution in [0.1, 0.15) is 26.7 Å². The topological polar surface area (TPSA) is 61.4 Å². The van der Waals surface area contributed by atoms with Gasteiger partial charge < -0.3 is 25.0 Å². The maximum absolute atomic E-state index is 5.83. The van der Waals surface area contributed by atoms with Crippen LogP contribution >= 0.6 is 0 Å². The van der Waals surface area contributed by atoms with Crippen molar-refractivity contribution in [1.82, 2.24) is 15.5 Å². The van der Waals surface area contributed by atoms with Gasteiger partial charge in [0.1, 0.15) is 0 Å². The number of para-hydroxylation sites is 1. The predicted octanol–water partition coefficient (Wildman–Crippen LogP) is 1.95. The lowest BCUT2D eigenvalue weighted by atomic mass is 10.2. The van der Waals surface area contributed by atoms with Gasteiger partial charge in [0.15, 0.2) is 5.96 Å². The second kappa shape index (κ2) is 12.8. The van der Waals surface area contributed by atoms with Crippen molar-refractivity contribution in [3.63, 3.8) is 0 Å². The third-order valence-corrected chi connectivity index (χ3v) is 5.77. The third kappa shape index (κ3) is 7.45. The van der Waals surface area contributed by atoms with E-state index in [0.717, 1.165) is 84.4 Å². The maximum Gasteiger partial charge on any atom is 0.191 e. The molecule has 1 aromatic carbocycles. The standard InChI is InChI=1S/C23H39N5O2/c1-3-24-23(25-11-7-16-30-22-10-17-29-19-22)26-18-20(2)27-12-14-28(15-13-27)21-8-5-4-6-9-21/h4-6,8-9,20,22H,3,7,10-19H2,1-2H3,(H2,24,25,26). The molecule has 2 fully saturated rings. The Morgan fingerprint density at radius 3 is 2.70 bits per heavy atom. The van der Waals surface area contributed by atoms with Crippen molar-refractivity contribution in [2.45, 2.75) is 38.8 Å². The van der Waals surface area contributed by atoms with Gasteiger partial charge in [0, 0.05) is 64.2 Å². The van der Waals surface area contributed by atoms with Gasteiger partial charge in [-0.2, -0.15) is 0 Å². The van der Waals surface area contributed by atoms with Gasteiger partial charge in [0.25, 0.3) is 0 Å². The normalized spacial score (nSPS) is 21.6. The van der Waals surface area contributed by atoms with E-state index >= 15 is 0 Å². The van der Waals surface area contributed by atoms with E-state index in [1.165, 1.54) is 5.69 Å². The van der Waals surface area contributed by atoms with Crippen LogP contribution in [0.4, 0.5) is 5.69 Å². The summed E-state index contributed by atoms with van der Waals surface area (Å²) in [5.74, 6) is 0.900. The average Bonchev–Trinajstić information content (AvgIpc) is 3.31. The van der Waals surface area contributed by atoms with E-state index in [0.29, 0.717) is 6.04 Å². The molecule has 2 saturated heterocycles. The molecule has 0 bridgehead atoms. The molecular weight excluding hydrogens is 378 g/mol. The number of aliphatic imine (C=N–C) groups is 1. The fourth-order valence-corrected chi connectivity index (χ4v) is 3.91. The lowest BCUT2D eigenvalue weighted by Crippen LogP contribution is -2.50. The Kier molecular flexibility index (Phi) is 9.73. The molecule has 2 aliphatic rings. The molecule has 0 saturated carbocycles. The number of benzene rings is 1. The summed E-state index contributed by atoms with van der Waals surface area (Å²) in [6.07, 6.45) is 2.28. The zero-order valence-electron chi connectivity index (χ0n) is 18.7. The van der Waals surface area contributed by atoms with Crippen molar-refractivity contribution in [2.75, 3.05) is 70.5 Å². The number of hydrogen-bond acceptors (Lipinski definition) is 5. The fraction of sp³-hybridized carbons (Fsp3) is 0.696. The molecule has 3 rings (SSSR count). The number of guanidine groups is 1. The van der Waals surface area contributed by atoms with Gasteiger partial charge in [-0.05, 0) is 38.8 Å².